The number of rotatable bonds is 12. The number of hydrogen-bond donors (Lipinski definition) is 1. The first-order chi connectivity index (χ1) is 21.4. The van der Waals surface area contributed by atoms with Gasteiger partial charge in [0, 0.05) is 69.5 Å². The van der Waals surface area contributed by atoms with Gasteiger partial charge in [0.2, 0.25) is 6.41 Å². The monoisotopic (exact) mass is 596 g/mol. The van der Waals surface area contributed by atoms with Gasteiger partial charge in [0.1, 0.15) is 0 Å². The minimum absolute atomic E-state index is 0.152. The minimum Gasteiger partial charge on any atom is -0.381 e. The summed E-state index contributed by atoms with van der Waals surface area (Å²) < 4.78 is 11.0. The number of benzene rings is 3. The summed E-state index contributed by atoms with van der Waals surface area (Å²) in [4.78, 5) is 31.6. The van der Waals surface area contributed by atoms with Crippen molar-refractivity contribution in [2.24, 2.45) is 0 Å². The number of nitrogens with one attached hydrogen (secondary N) is 1. The van der Waals surface area contributed by atoms with Crippen LogP contribution in [-0.4, -0.2) is 76.9 Å². The van der Waals surface area contributed by atoms with Gasteiger partial charge in [-0.2, -0.15) is 0 Å². The van der Waals surface area contributed by atoms with Crippen LogP contribution in [-0.2, 0) is 25.6 Å². The summed E-state index contributed by atoms with van der Waals surface area (Å²) in [6.45, 7) is 7.18. The molecule has 2 heterocycles. The van der Waals surface area contributed by atoms with Crippen LogP contribution in [0.1, 0.15) is 37.3 Å². The molecule has 0 atom stereocenters. The van der Waals surface area contributed by atoms with Crippen LogP contribution in [0.3, 0.4) is 0 Å². The van der Waals surface area contributed by atoms with E-state index >= 15 is 0 Å². The van der Waals surface area contributed by atoms with Gasteiger partial charge in [0.25, 0.3) is 5.91 Å². The Labute approximate surface area is 261 Å². The van der Waals surface area contributed by atoms with Crippen LogP contribution in [0.15, 0.2) is 72.3 Å². The van der Waals surface area contributed by atoms with Crippen LogP contribution in [0.5, 0.6) is 0 Å². The lowest BCUT2D eigenvalue weighted by Gasteiger charge is -2.31. The van der Waals surface area contributed by atoms with Crippen molar-refractivity contribution in [2.75, 3.05) is 68.7 Å². The van der Waals surface area contributed by atoms with Crippen LogP contribution in [0.4, 0.5) is 17.1 Å². The standard InChI is InChI=1S/C36H44N4O4/c1-4-43-22-19-38(2)33-12-7-28(8-13-33)29-9-14-35-31(23-29)24-30(15-18-40(35)26-41)36(42)37-32-10-5-27(6-11-32)25-39(3)34-16-20-44-21-17-34/h5-14,23-24,26,34H,4,15-22,25H2,1-3H3,(H,37,42). The van der Waals surface area contributed by atoms with Gasteiger partial charge in [0.15, 0.2) is 0 Å². The Morgan fingerprint density at radius 1 is 1.02 bits per heavy atom. The maximum absolute atomic E-state index is 13.4. The zero-order valence-corrected chi connectivity index (χ0v) is 26.1. The molecule has 1 N–H and O–H groups in total. The van der Waals surface area contributed by atoms with Crippen LogP contribution < -0.4 is 15.1 Å². The molecule has 8 heteroatoms. The molecule has 2 aliphatic rings. The van der Waals surface area contributed by atoms with Gasteiger partial charge in [-0.3, -0.25) is 14.5 Å². The molecule has 3 aromatic carbocycles. The quantitative estimate of drug-likeness (QED) is 0.210. The van der Waals surface area contributed by atoms with Crippen molar-refractivity contribution < 1.29 is 19.1 Å². The number of fused-ring (bicyclic) bond motifs is 1. The molecular weight excluding hydrogens is 552 g/mol. The summed E-state index contributed by atoms with van der Waals surface area (Å²) in [7, 11) is 4.22. The van der Waals surface area contributed by atoms with Crippen molar-refractivity contribution in [1.29, 1.82) is 0 Å². The van der Waals surface area contributed by atoms with E-state index in [4.69, 9.17) is 9.47 Å². The van der Waals surface area contributed by atoms with E-state index in [0.717, 1.165) is 79.3 Å². The van der Waals surface area contributed by atoms with Gasteiger partial charge < -0.3 is 24.6 Å². The maximum Gasteiger partial charge on any atom is 0.251 e. The van der Waals surface area contributed by atoms with Gasteiger partial charge in [-0.25, -0.2) is 0 Å². The number of nitrogens with zero attached hydrogens (tertiary/aromatic N) is 3. The fourth-order valence-corrected chi connectivity index (χ4v) is 5.85. The van der Waals surface area contributed by atoms with E-state index in [1.165, 1.54) is 5.56 Å². The SMILES string of the molecule is CCOCCN(C)c1ccc(-c2ccc3c(c2)C=C(C(=O)Nc2ccc(CN(C)C4CCOCC4)cc2)CCN3C=O)cc1. The van der Waals surface area contributed by atoms with E-state index in [1.54, 1.807) is 4.90 Å². The number of amides is 2. The fraction of sp³-hybridized carbons (Fsp3) is 0.389. The van der Waals surface area contributed by atoms with Crippen molar-refractivity contribution in [3.8, 4) is 11.1 Å². The lowest BCUT2D eigenvalue weighted by Crippen LogP contribution is -2.36. The molecule has 0 bridgehead atoms. The second-order valence-corrected chi connectivity index (χ2v) is 11.6. The lowest BCUT2D eigenvalue weighted by molar-refractivity contribution is -0.113. The van der Waals surface area contributed by atoms with E-state index in [0.29, 0.717) is 37.8 Å². The van der Waals surface area contributed by atoms with Crippen molar-refractivity contribution in [1.82, 2.24) is 4.90 Å². The zero-order valence-electron chi connectivity index (χ0n) is 26.1. The predicted molar refractivity (Wildman–Crippen MR) is 178 cm³/mol. The highest BCUT2D eigenvalue weighted by molar-refractivity contribution is 6.08. The average Bonchev–Trinajstić information content (AvgIpc) is 3.25. The van der Waals surface area contributed by atoms with Gasteiger partial charge in [0.05, 0.1) is 12.3 Å². The first kappa shape index (κ1) is 31.4. The Morgan fingerprint density at radius 2 is 1.75 bits per heavy atom. The van der Waals surface area contributed by atoms with E-state index in [1.807, 2.05) is 37.3 Å². The number of hydrogen-bond acceptors (Lipinski definition) is 6. The highest BCUT2D eigenvalue weighted by Gasteiger charge is 2.21. The normalized spacial score (nSPS) is 15.4. The zero-order chi connectivity index (χ0) is 30.9. The second-order valence-electron chi connectivity index (χ2n) is 11.6. The van der Waals surface area contributed by atoms with Crippen molar-refractivity contribution in [3.63, 3.8) is 0 Å². The molecule has 1 fully saturated rings. The molecule has 0 aliphatic carbocycles. The van der Waals surface area contributed by atoms with Crippen LogP contribution >= 0.6 is 0 Å². The highest BCUT2D eigenvalue weighted by Crippen LogP contribution is 2.33. The Hall–Kier alpha value is -3.98. The molecule has 0 saturated carbocycles. The van der Waals surface area contributed by atoms with Crippen LogP contribution in [0.2, 0.25) is 0 Å². The largest absolute Gasteiger partial charge is 0.381 e. The van der Waals surface area contributed by atoms with Gasteiger partial charge in [-0.05, 0) is 98.0 Å². The fourth-order valence-electron chi connectivity index (χ4n) is 5.85. The van der Waals surface area contributed by atoms with Crippen LogP contribution in [0.25, 0.3) is 17.2 Å². The summed E-state index contributed by atoms with van der Waals surface area (Å²) in [5.41, 5.74) is 7.47. The highest BCUT2D eigenvalue weighted by atomic mass is 16.5. The Morgan fingerprint density at radius 3 is 2.45 bits per heavy atom. The molecule has 232 valence electrons. The number of carbonyl (C=O) groups excluding carboxylic acids is 2. The molecule has 2 aliphatic heterocycles. The molecule has 44 heavy (non-hydrogen) atoms. The first-order valence-electron chi connectivity index (χ1n) is 15.6. The Bertz CT molecular complexity index is 1430. The van der Waals surface area contributed by atoms with Gasteiger partial charge in [-0.15, -0.1) is 0 Å². The van der Waals surface area contributed by atoms with E-state index in [-0.39, 0.29) is 5.91 Å². The number of ether oxygens (including phenoxy) is 2. The number of carbonyl (C=O) groups is 2. The minimum atomic E-state index is -0.152. The van der Waals surface area contributed by atoms with Crippen molar-refractivity contribution in [3.05, 3.63) is 83.4 Å². The molecule has 0 radical (unpaired) electrons. The van der Waals surface area contributed by atoms with E-state index < -0.39 is 0 Å². The first-order valence-corrected chi connectivity index (χ1v) is 15.6. The molecule has 0 spiro atoms. The number of anilines is 3. The summed E-state index contributed by atoms with van der Waals surface area (Å²) in [5.74, 6) is -0.152. The van der Waals surface area contributed by atoms with Gasteiger partial charge in [-0.1, -0.05) is 30.3 Å². The average molecular weight is 597 g/mol. The third kappa shape index (κ3) is 7.94. The van der Waals surface area contributed by atoms with Crippen molar-refractivity contribution in [2.45, 2.75) is 38.8 Å². The lowest BCUT2D eigenvalue weighted by atomic mass is 10.00. The molecule has 8 nitrogen and oxygen atoms in total. The molecule has 3 aromatic rings. The Kier molecular flexibility index (Phi) is 10.8. The summed E-state index contributed by atoms with van der Waals surface area (Å²) in [5, 5.41) is 3.07. The molecule has 0 aromatic heterocycles. The Balaban J connectivity index is 1.28. The maximum atomic E-state index is 13.4. The number of likely N-dealkylation sites (N-methyl/N-ethyl adjacent to an activating group) is 1. The molecule has 2 amide bonds. The molecule has 1 saturated heterocycles. The smallest absolute Gasteiger partial charge is 0.251 e. The van der Waals surface area contributed by atoms with E-state index in [9.17, 15) is 9.59 Å². The molecular formula is C36H44N4O4. The summed E-state index contributed by atoms with van der Waals surface area (Å²) in [6.07, 6.45) is 5.35. The summed E-state index contributed by atoms with van der Waals surface area (Å²) >= 11 is 0. The topological polar surface area (TPSA) is 74.4 Å². The second kappa shape index (κ2) is 15.1. The predicted octanol–water partition coefficient (Wildman–Crippen LogP) is 5.83. The third-order valence-electron chi connectivity index (χ3n) is 8.58. The third-order valence-corrected chi connectivity index (χ3v) is 8.58. The van der Waals surface area contributed by atoms with E-state index in [2.05, 4.69) is 71.7 Å². The molecule has 5 rings (SSSR count). The van der Waals surface area contributed by atoms with Crippen LogP contribution in [0, 0.1) is 0 Å². The van der Waals surface area contributed by atoms with Crippen molar-refractivity contribution >= 4 is 35.5 Å². The van der Waals surface area contributed by atoms with Gasteiger partial charge >= 0.3 is 0 Å². The summed E-state index contributed by atoms with van der Waals surface area (Å²) in [6, 6.07) is 23.1. The molecule has 0 unspecified atom stereocenters.